The third-order valence-corrected chi connectivity index (χ3v) is 8.50. The predicted molar refractivity (Wildman–Crippen MR) is 92.2 cm³/mol. The first kappa shape index (κ1) is 15.2. The number of hydrogen-bond acceptors (Lipinski definition) is 3. The number of hydrogen-bond donors (Lipinski definition) is 2. The Balaban J connectivity index is 1.81. The summed E-state index contributed by atoms with van der Waals surface area (Å²) in [6.45, 7) is 0. The molecule has 0 saturated carbocycles. The average molecular weight is 397 g/mol. The Morgan fingerprint density at radius 3 is 2.48 bits per heavy atom. The first-order valence-electron chi connectivity index (χ1n) is 7.71. The molecule has 2 aliphatic rings. The van der Waals surface area contributed by atoms with Crippen LogP contribution in [-0.2, 0) is 9.84 Å². The molecule has 2 fully saturated rings. The highest BCUT2D eigenvalue weighted by Gasteiger charge is 2.47. The fourth-order valence-electron chi connectivity index (χ4n) is 4.21. The summed E-state index contributed by atoms with van der Waals surface area (Å²) in [5.41, 5.74) is 7.74. The minimum atomic E-state index is -2.93. The zero-order valence-corrected chi connectivity index (χ0v) is 14.8. The van der Waals surface area contributed by atoms with E-state index in [1.54, 1.807) is 6.07 Å². The number of carbonyl (C=O) groups excluding carboxylic acids is 1. The van der Waals surface area contributed by atoms with E-state index in [0.29, 0.717) is 18.4 Å². The highest BCUT2D eigenvalue weighted by molar-refractivity contribution is 9.10. The fourth-order valence-corrected chi connectivity index (χ4v) is 7.14. The van der Waals surface area contributed by atoms with Crippen LogP contribution in [-0.4, -0.2) is 29.8 Å². The largest absolute Gasteiger partial charge is 0.366 e. The van der Waals surface area contributed by atoms with E-state index in [1.807, 2.05) is 12.3 Å². The molecule has 0 radical (unpaired) electrons. The Morgan fingerprint density at radius 1 is 1.22 bits per heavy atom. The number of benzene rings is 1. The molecular weight excluding hydrogens is 380 g/mol. The van der Waals surface area contributed by atoms with Crippen LogP contribution in [0, 0.1) is 0 Å². The van der Waals surface area contributed by atoms with Gasteiger partial charge in [-0.25, -0.2) is 8.42 Å². The lowest BCUT2D eigenvalue weighted by Gasteiger charge is -2.27. The molecule has 2 aromatic rings. The Hall–Kier alpha value is -1.34. The van der Waals surface area contributed by atoms with E-state index in [9.17, 15) is 13.2 Å². The van der Waals surface area contributed by atoms with Crippen molar-refractivity contribution in [2.75, 3.05) is 0 Å². The van der Waals surface area contributed by atoms with E-state index >= 15 is 0 Å². The van der Waals surface area contributed by atoms with Gasteiger partial charge in [-0.15, -0.1) is 0 Å². The van der Waals surface area contributed by atoms with Crippen molar-refractivity contribution in [3.8, 4) is 0 Å². The second-order valence-corrected chi connectivity index (χ2v) is 9.99. The van der Waals surface area contributed by atoms with Crippen LogP contribution in [0.3, 0.4) is 0 Å². The highest BCUT2D eigenvalue weighted by atomic mass is 79.9. The summed E-state index contributed by atoms with van der Waals surface area (Å²) >= 11 is 3.43. The lowest BCUT2D eigenvalue weighted by atomic mass is 9.90. The molecule has 3 N–H and O–H groups in total. The van der Waals surface area contributed by atoms with Gasteiger partial charge in [0.25, 0.3) is 5.91 Å². The number of fused-ring (bicyclic) bond motifs is 3. The second kappa shape index (κ2) is 5.08. The van der Waals surface area contributed by atoms with Gasteiger partial charge in [0.15, 0.2) is 9.84 Å². The van der Waals surface area contributed by atoms with Crippen LogP contribution in [0.1, 0.15) is 47.5 Å². The second-order valence-electron chi connectivity index (χ2n) is 6.56. The molecule has 1 amide bonds. The summed E-state index contributed by atoms with van der Waals surface area (Å²) in [6, 6.07) is 3.68. The Morgan fingerprint density at radius 2 is 1.87 bits per heavy atom. The van der Waals surface area contributed by atoms with Crippen LogP contribution in [0.15, 0.2) is 22.8 Å². The molecule has 7 heteroatoms. The lowest BCUT2D eigenvalue weighted by Crippen LogP contribution is -2.31. The molecule has 2 saturated heterocycles. The summed E-state index contributed by atoms with van der Waals surface area (Å²) < 4.78 is 25.3. The number of nitrogens with two attached hydrogens (primary N) is 1. The van der Waals surface area contributed by atoms with Crippen LogP contribution < -0.4 is 5.73 Å². The number of H-pyrrole nitrogens is 1. The van der Waals surface area contributed by atoms with Gasteiger partial charge in [0.05, 0.1) is 21.6 Å². The van der Waals surface area contributed by atoms with Crippen molar-refractivity contribution in [1.82, 2.24) is 4.98 Å². The number of halogens is 1. The maximum absolute atomic E-state index is 12.3. The van der Waals surface area contributed by atoms with Crippen molar-refractivity contribution in [2.45, 2.75) is 42.1 Å². The topological polar surface area (TPSA) is 93.0 Å². The molecule has 2 atom stereocenters. The van der Waals surface area contributed by atoms with Gasteiger partial charge in [-0.3, -0.25) is 4.79 Å². The van der Waals surface area contributed by atoms with E-state index in [4.69, 9.17) is 5.73 Å². The zero-order chi connectivity index (χ0) is 16.4. The number of nitrogens with one attached hydrogen (secondary N) is 1. The van der Waals surface area contributed by atoms with E-state index < -0.39 is 15.7 Å². The van der Waals surface area contributed by atoms with Gasteiger partial charge in [0.1, 0.15) is 0 Å². The van der Waals surface area contributed by atoms with E-state index in [0.717, 1.165) is 33.8 Å². The zero-order valence-electron chi connectivity index (χ0n) is 12.4. The lowest BCUT2D eigenvalue weighted by molar-refractivity contribution is 0.100. The maximum atomic E-state index is 12.3. The molecular formula is C16H17BrN2O3S. The fraction of sp³-hybridized carbons (Fsp3) is 0.438. The van der Waals surface area contributed by atoms with E-state index in [-0.39, 0.29) is 16.4 Å². The SMILES string of the molecule is NC(=O)c1cc(Br)cc2c(C3CC4CCC(C3)S4(=O)=O)c[nH]c12. The van der Waals surface area contributed by atoms with Crippen molar-refractivity contribution in [2.24, 2.45) is 5.73 Å². The smallest absolute Gasteiger partial charge is 0.250 e. The molecule has 0 spiro atoms. The molecule has 2 bridgehead atoms. The van der Waals surface area contributed by atoms with Crippen molar-refractivity contribution < 1.29 is 13.2 Å². The molecule has 5 nitrogen and oxygen atoms in total. The van der Waals surface area contributed by atoms with Crippen molar-refractivity contribution in [1.29, 1.82) is 0 Å². The minimum absolute atomic E-state index is 0.208. The van der Waals surface area contributed by atoms with E-state index in [2.05, 4.69) is 20.9 Å². The monoisotopic (exact) mass is 396 g/mol. The van der Waals surface area contributed by atoms with Crippen LogP contribution in [0.4, 0.5) is 0 Å². The molecule has 1 aromatic heterocycles. The van der Waals surface area contributed by atoms with Gasteiger partial charge in [0.2, 0.25) is 0 Å². The standard InChI is InChI=1S/C16H17BrN2O3S/c17-9-5-12-14(7-19-15(12)13(6-9)16(18)20)8-3-10-1-2-11(4-8)23(10,21)22/h5-8,10-11,19H,1-4H2,(H2,18,20). The third-order valence-electron chi connectivity index (χ3n) is 5.33. The van der Waals surface area contributed by atoms with Crippen LogP contribution in [0.5, 0.6) is 0 Å². The average Bonchev–Trinajstić information content (AvgIpc) is 2.90. The predicted octanol–water partition coefficient (Wildman–Crippen LogP) is 2.85. The maximum Gasteiger partial charge on any atom is 0.250 e. The quantitative estimate of drug-likeness (QED) is 0.816. The molecule has 3 heterocycles. The van der Waals surface area contributed by atoms with Crippen molar-refractivity contribution >= 4 is 42.6 Å². The number of carbonyl (C=O) groups is 1. The summed E-state index contributed by atoms with van der Waals surface area (Å²) in [5, 5.41) is 0.537. The molecule has 0 aliphatic carbocycles. The number of aromatic nitrogens is 1. The molecule has 122 valence electrons. The molecule has 2 aliphatic heterocycles. The molecule has 1 aromatic carbocycles. The van der Waals surface area contributed by atoms with Gasteiger partial charge in [-0.1, -0.05) is 15.9 Å². The van der Waals surface area contributed by atoms with Gasteiger partial charge < -0.3 is 10.7 Å². The van der Waals surface area contributed by atoms with E-state index in [1.165, 1.54) is 0 Å². The van der Waals surface area contributed by atoms with Gasteiger partial charge in [-0.05, 0) is 49.3 Å². The Kier molecular flexibility index (Phi) is 3.36. The Labute approximate surface area is 142 Å². The third kappa shape index (κ3) is 2.24. The summed E-state index contributed by atoms with van der Waals surface area (Å²) in [4.78, 5) is 14.8. The van der Waals surface area contributed by atoms with Gasteiger partial charge in [-0.2, -0.15) is 0 Å². The Bertz CT molecular complexity index is 899. The first-order valence-corrected chi connectivity index (χ1v) is 10.1. The molecule has 2 unspecified atom stereocenters. The summed E-state index contributed by atoms with van der Waals surface area (Å²) in [7, 11) is -2.93. The normalized spacial score (nSPS) is 29.0. The molecule has 4 rings (SSSR count). The summed E-state index contributed by atoms with van der Waals surface area (Å²) in [6.07, 6.45) is 4.81. The number of amides is 1. The van der Waals surface area contributed by atoms with Crippen molar-refractivity contribution in [3.05, 3.63) is 33.9 Å². The number of rotatable bonds is 2. The minimum Gasteiger partial charge on any atom is -0.366 e. The molecule has 23 heavy (non-hydrogen) atoms. The first-order chi connectivity index (χ1) is 10.9. The van der Waals surface area contributed by atoms with Gasteiger partial charge >= 0.3 is 0 Å². The van der Waals surface area contributed by atoms with Crippen molar-refractivity contribution in [3.63, 3.8) is 0 Å². The van der Waals surface area contributed by atoms with Crippen LogP contribution in [0.2, 0.25) is 0 Å². The van der Waals surface area contributed by atoms with Crippen LogP contribution >= 0.6 is 15.9 Å². The van der Waals surface area contributed by atoms with Gasteiger partial charge in [0, 0.05) is 16.1 Å². The summed E-state index contributed by atoms with van der Waals surface area (Å²) in [5.74, 6) is -0.268. The number of primary amides is 1. The highest BCUT2D eigenvalue weighted by Crippen LogP contribution is 2.46. The van der Waals surface area contributed by atoms with Crippen LogP contribution in [0.25, 0.3) is 10.9 Å². The number of sulfone groups is 1. The number of aromatic amines is 1.